The Hall–Kier alpha value is -1.67. The van der Waals surface area contributed by atoms with E-state index in [4.69, 9.17) is 26.9 Å². The number of rotatable bonds is 6. The molecule has 2 aliphatic rings. The van der Waals surface area contributed by atoms with Gasteiger partial charge in [-0.3, -0.25) is 0 Å². The Morgan fingerprint density at radius 1 is 1.00 bits per heavy atom. The molecule has 1 aromatic rings. The van der Waals surface area contributed by atoms with Crippen LogP contribution in [0.2, 0.25) is 0 Å². The van der Waals surface area contributed by atoms with Gasteiger partial charge in [0.1, 0.15) is 11.6 Å². The second kappa shape index (κ2) is 9.87. The molecule has 0 amide bonds. The number of thiocarbonyl (C=S) groups is 1. The molecule has 0 aliphatic carbocycles. The third kappa shape index (κ3) is 5.41. The van der Waals surface area contributed by atoms with Gasteiger partial charge in [-0.1, -0.05) is 12.8 Å². The number of nitrogens with zero attached hydrogens (tertiary/aromatic N) is 4. The van der Waals surface area contributed by atoms with Crippen molar-refractivity contribution >= 4 is 34.9 Å². The van der Waals surface area contributed by atoms with Crippen molar-refractivity contribution in [3.63, 3.8) is 0 Å². The number of methoxy groups -OCH3 is 1. The summed E-state index contributed by atoms with van der Waals surface area (Å²) in [4.78, 5) is 14.2. The minimum Gasteiger partial charge on any atom is -0.383 e. The zero-order chi connectivity index (χ0) is 18.2. The summed E-state index contributed by atoms with van der Waals surface area (Å²) in [7, 11) is 1.67. The molecule has 2 N–H and O–H groups in total. The fraction of sp³-hybridized carbons (Fsp3) is 0.722. The number of hydrogen-bond acceptors (Lipinski definition) is 6. The number of ether oxygens (including phenoxy) is 1. The van der Waals surface area contributed by atoms with Crippen LogP contribution in [0.25, 0.3) is 0 Å². The molecule has 2 fully saturated rings. The molecule has 2 aliphatic heterocycles. The Bertz CT molecular complexity index is 585. The van der Waals surface area contributed by atoms with Crippen molar-refractivity contribution in [2.45, 2.75) is 38.5 Å². The molecular formula is C18H30N6OS. The summed E-state index contributed by atoms with van der Waals surface area (Å²) in [5, 5.41) is 6.80. The molecule has 0 spiro atoms. The average molecular weight is 379 g/mol. The highest BCUT2D eigenvalue weighted by Crippen LogP contribution is 2.26. The molecule has 7 nitrogen and oxygen atoms in total. The predicted molar refractivity (Wildman–Crippen MR) is 110 cm³/mol. The van der Waals surface area contributed by atoms with Gasteiger partial charge in [0.05, 0.1) is 6.61 Å². The van der Waals surface area contributed by atoms with Gasteiger partial charge in [-0.2, -0.15) is 9.97 Å². The van der Waals surface area contributed by atoms with E-state index in [-0.39, 0.29) is 0 Å². The Balaban J connectivity index is 1.76. The Kier molecular flexibility index (Phi) is 7.25. The average Bonchev–Trinajstić information content (AvgIpc) is 3.04. The maximum atomic E-state index is 5.36. The molecule has 0 aromatic carbocycles. The third-order valence-electron chi connectivity index (χ3n) is 4.88. The van der Waals surface area contributed by atoms with E-state index >= 15 is 0 Å². The van der Waals surface area contributed by atoms with E-state index in [1.54, 1.807) is 7.11 Å². The Labute approximate surface area is 161 Å². The lowest BCUT2D eigenvalue weighted by Gasteiger charge is -2.25. The lowest BCUT2D eigenvalue weighted by atomic mass is 10.2. The quantitative estimate of drug-likeness (QED) is 0.578. The van der Waals surface area contributed by atoms with Gasteiger partial charge < -0.3 is 25.2 Å². The van der Waals surface area contributed by atoms with Crippen LogP contribution in [-0.4, -0.2) is 61.5 Å². The third-order valence-corrected chi connectivity index (χ3v) is 5.12. The fourth-order valence-electron chi connectivity index (χ4n) is 3.46. The largest absolute Gasteiger partial charge is 0.383 e. The number of nitrogens with one attached hydrogen (secondary N) is 2. The van der Waals surface area contributed by atoms with Gasteiger partial charge in [-0.05, 0) is 37.9 Å². The smallest absolute Gasteiger partial charge is 0.232 e. The van der Waals surface area contributed by atoms with Crippen LogP contribution in [0.1, 0.15) is 38.5 Å². The summed E-state index contributed by atoms with van der Waals surface area (Å²) in [5.41, 5.74) is 0. The Morgan fingerprint density at radius 2 is 1.54 bits per heavy atom. The van der Waals surface area contributed by atoms with Crippen LogP contribution < -0.4 is 20.4 Å². The normalized spacial score (nSPS) is 17.9. The van der Waals surface area contributed by atoms with Crippen LogP contribution >= 0.6 is 12.2 Å². The topological polar surface area (TPSA) is 65.6 Å². The molecule has 0 radical (unpaired) electrons. The first-order valence-corrected chi connectivity index (χ1v) is 10.1. The molecule has 144 valence electrons. The lowest BCUT2D eigenvalue weighted by molar-refractivity contribution is 0.204. The monoisotopic (exact) mass is 378 g/mol. The van der Waals surface area contributed by atoms with Gasteiger partial charge in [0.2, 0.25) is 5.95 Å². The lowest BCUT2D eigenvalue weighted by Crippen LogP contribution is -2.32. The van der Waals surface area contributed by atoms with Crippen LogP contribution in [0.5, 0.6) is 0 Å². The van der Waals surface area contributed by atoms with E-state index < -0.39 is 0 Å². The van der Waals surface area contributed by atoms with Gasteiger partial charge in [0, 0.05) is 45.9 Å². The molecule has 0 atom stereocenters. The van der Waals surface area contributed by atoms with E-state index in [0.29, 0.717) is 24.2 Å². The minimum atomic E-state index is 0.530. The molecule has 0 bridgehead atoms. The first-order valence-electron chi connectivity index (χ1n) is 9.69. The zero-order valence-corrected chi connectivity index (χ0v) is 16.5. The number of hydrogen-bond donors (Lipinski definition) is 2. The second-order valence-corrected chi connectivity index (χ2v) is 7.29. The first kappa shape index (κ1) is 19.1. The van der Waals surface area contributed by atoms with Gasteiger partial charge in [-0.25, -0.2) is 0 Å². The molecule has 0 saturated carbocycles. The van der Waals surface area contributed by atoms with E-state index in [1.807, 2.05) is 0 Å². The highest BCUT2D eigenvalue weighted by Gasteiger charge is 2.19. The zero-order valence-electron chi connectivity index (χ0n) is 15.7. The van der Waals surface area contributed by atoms with E-state index in [1.165, 1.54) is 38.5 Å². The SMILES string of the molecule is COCCNC(=S)Nc1nc(N2CCCCCC2)cc(N2CCCC2)n1. The van der Waals surface area contributed by atoms with Crippen LogP contribution in [0, 0.1) is 0 Å². The van der Waals surface area contributed by atoms with E-state index in [9.17, 15) is 0 Å². The maximum Gasteiger partial charge on any atom is 0.232 e. The van der Waals surface area contributed by atoms with Crippen LogP contribution in [0.4, 0.5) is 17.6 Å². The van der Waals surface area contributed by atoms with Crippen molar-refractivity contribution in [1.29, 1.82) is 0 Å². The fourth-order valence-corrected chi connectivity index (χ4v) is 3.65. The van der Waals surface area contributed by atoms with Gasteiger partial charge in [-0.15, -0.1) is 0 Å². The maximum absolute atomic E-state index is 5.36. The minimum absolute atomic E-state index is 0.530. The summed E-state index contributed by atoms with van der Waals surface area (Å²) in [6, 6.07) is 2.14. The van der Waals surface area contributed by atoms with Gasteiger partial charge >= 0.3 is 0 Å². The summed E-state index contributed by atoms with van der Waals surface area (Å²) in [5.74, 6) is 2.58. The van der Waals surface area contributed by atoms with Crippen LogP contribution in [-0.2, 0) is 4.74 Å². The summed E-state index contributed by atoms with van der Waals surface area (Å²) in [6.07, 6.45) is 7.51. The summed E-state index contributed by atoms with van der Waals surface area (Å²) < 4.78 is 5.04. The summed E-state index contributed by atoms with van der Waals surface area (Å²) in [6.45, 7) is 5.51. The van der Waals surface area contributed by atoms with Gasteiger partial charge in [0.25, 0.3) is 0 Å². The molecule has 26 heavy (non-hydrogen) atoms. The van der Waals surface area contributed by atoms with Crippen molar-refractivity contribution in [2.24, 2.45) is 0 Å². The molecule has 3 heterocycles. The van der Waals surface area contributed by atoms with Crippen molar-refractivity contribution in [2.75, 3.05) is 61.6 Å². The Morgan fingerprint density at radius 3 is 2.08 bits per heavy atom. The van der Waals surface area contributed by atoms with Crippen molar-refractivity contribution in [1.82, 2.24) is 15.3 Å². The van der Waals surface area contributed by atoms with E-state index in [2.05, 4.69) is 26.5 Å². The molecule has 8 heteroatoms. The summed E-state index contributed by atoms with van der Waals surface area (Å²) >= 11 is 5.36. The number of anilines is 3. The molecule has 3 rings (SSSR count). The van der Waals surface area contributed by atoms with Crippen LogP contribution in [0.15, 0.2) is 6.07 Å². The molecule has 2 saturated heterocycles. The number of aromatic nitrogens is 2. The first-order chi connectivity index (χ1) is 12.8. The van der Waals surface area contributed by atoms with Crippen molar-refractivity contribution in [3.05, 3.63) is 6.07 Å². The highest BCUT2D eigenvalue weighted by atomic mass is 32.1. The van der Waals surface area contributed by atoms with Crippen molar-refractivity contribution in [3.8, 4) is 0 Å². The van der Waals surface area contributed by atoms with Crippen LogP contribution in [0.3, 0.4) is 0 Å². The molecule has 0 unspecified atom stereocenters. The van der Waals surface area contributed by atoms with Gasteiger partial charge in [0.15, 0.2) is 5.11 Å². The second-order valence-electron chi connectivity index (χ2n) is 6.88. The highest BCUT2D eigenvalue weighted by molar-refractivity contribution is 7.80. The van der Waals surface area contributed by atoms with Crippen molar-refractivity contribution < 1.29 is 4.74 Å². The standard InChI is InChI=1S/C18H30N6OS/c1-25-13-8-19-18(26)22-17-20-15(23-9-4-2-3-5-10-23)14-16(21-17)24-11-6-7-12-24/h14H,2-13H2,1H3,(H2,19,20,21,22,26). The predicted octanol–water partition coefficient (Wildman–Crippen LogP) is 2.39. The molecular weight excluding hydrogens is 348 g/mol. The van der Waals surface area contributed by atoms with E-state index in [0.717, 1.165) is 37.8 Å². The molecule has 1 aromatic heterocycles.